The van der Waals surface area contributed by atoms with Gasteiger partial charge in [-0.15, -0.1) is 0 Å². The van der Waals surface area contributed by atoms with Crippen molar-refractivity contribution in [3.8, 4) is 0 Å². The minimum Gasteiger partial charge on any atom is -0.478 e. The van der Waals surface area contributed by atoms with Crippen LogP contribution in [0.1, 0.15) is 47.6 Å². The number of hydrogen-bond acceptors (Lipinski definition) is 6. The average molecular weight is 443 g/mol. The van der Waals surface area contributed by atoms with Gasteiger partial charge in [0.1, 0.15) is 11.5 Å². The van der Waals surface area contributed by atoms with E-state index in [1.807, 2.05) is 0 Å². The number of carbonyl (C=O) groups is 1. The van der Waals surface area contributed by atoms with Gasteiger partial charge in [-0.05, 0) is 26.0 Å². The van der Waals surface area contributed by atoms with E-state index in [2.05, 4.69) is 15.3 Å². The minimum atomic E-state index is -2.71. The van der Waals surface area contributed by atoms with Crippen molar-refractivity contribution >= 4 is 23.1 Å². The Morgan fingerprint density at radius 2 is 1.91 bits per heavy atom. The van der Waals surface area contributed by atoms with E-state index in [9.17, 15) is 23.5 Å². The van der Waals surface area contributed by atoms with E-state index < -0.39 is 17.9 Å². The number of para-hydroxylation sites is 1. The summed E-state index contributed by atoms with van der Waals surface area (Å²) in [5, 5.41) is 12.6. The number of aryl methyl sites for hydroxylation is 1. The predicted octanol–water partition coefficient (Wildman–Crippen LogP) is 3.50. The molecule has 1 aromatic carbocycles. The number of alkyl halides is 2. The van der Waals surface area contributed by atoms with Crippen molar-refractivity contribution in [3.63, 3.8) is 0 Å². The van der Waals surface area contributed by atoms with Gasteiger partial charge in [0.05, 0.1) is 17.3 Å². The van der Waals surface area contributed by atoms with Gasteiger partial charge in [0, 0.05) is 43.9 Å². The smallest absolute Gasteiger partial charge is 0.337 e. The SMILES string of the molecule is Cc1cn2c(=O)cc(N3CCC(F)(F)CC3)nc2c([C@@H](C)Nc2ccccc2C(=O)O)n1. The molecule has 0 saturated carbocycles. The Hall–Kier alpha value is -3.56. The van der Waals surface area contributed by atoms with E-state index in [0.717, 1.165) is 0 Å². The minimum absolute atomic E-state index is 0.101. The molecule has 32 heavy (non-hydrogen) atoms. The molecule has 1 aliphatic heterocycles. The highest BCUT2D eigenvalue weighted by atomic mass is 19.3. The topological polar surface area (TPSA) is 99.8 Å². The molecule has 0 radical (unpaired) electrons. The quantitative estimate of drug-likeness (QED) is 0.623. The van der Waals surface area contributed by atoms with Crippen LogP contribution in [0.2, 0.25) is 0 Å². The first-order valence-corrected chi connectivity index (χ1v) is 10.3. The molecular weight excluding hydrogens is 420 g/mol. The summed E-state index contributed by atoms with van der Waals surface area (Å²) in [5.41, 5.74) is 1.51. The number of anilines is 2. The molecule has 8 nitrogen and oxygen atoms in total. The van der Waals surface area contributed by atoms with Crippen LogP contribution in [0.5, 0.6) is 0 Å². The Labute approximate surface area is 182 Å². The molecule has 1 fully saturated rings. The van der Waals surface area contributed by atoms with E-state index in [0.29, 0.717) is 28.5 Å². The number of piperidine rings is 1. The fourth-order valence-corrected chi connectivity index (χ4v) is 3.85. The molecule has 0 bridgehead atoms. The molecule has 0 aliphatic carbocycles. The zero-order chi connectivity index (χ0) is 23.0. The molecule has 1 saturated heterocycles. The van der Waals surface area contributed by atoms with Crippen LogP contribution in [0.25, 0.3) is 5.65 Å². The van der Waals surface area contributed by atoms with E-state index >= 15 is 0 Å². The second-order valence-electron chi connectivity index (χ2n) is 7.97. The molecule has 0 unspecified atom stereocenters. The molecule has 3 heterocycles. The highest BCUT2D eigenvalue weighted by Gasteiger charge is 2.34. The number of carboxylic acid groups (broad SMARTS) is 1. The Morgan fingerprint density at radius 1 is 1.22 bits per heavy atom. The van der Waals surface area contributed by atoms with Crippen molar-refractivity contribution in [2.45, 2.75) is 38.7 Å². The monoisotopic (exact) mass is 443 g/mol. The van der Waals surface area contributed by atoms with Gasteiger partial charge in [-0.3, -0.25) is 14.2 Å². The number of benzene rings is 1. The zero-order valence-corrected chi connectivity index (χ0v) is 17.7. The van der Waals surface area contributed by atoms with Crippen molar-refractivity contribution < 1.29 is 18.7 Å². The molecule has 4 rings (SSSR count). The van der Waals surface area contributed by atoms with Gasteiger partial charge in [-0.25, -0.2) is 18.6 Å². The number of aromatic carboxylic acids is 1. The molecule has 0 spiro atoms. The number of rotatable bonds is 5. The fourth-order valence-electron chi connectivity index (χ4n) is 3.85. The van der Waals surface area contributed by atoms with Crippen LogP contribution >= 0.6 is 0 Å². The van der Waals surface area contributed by atoms with Crippen molar-refractivity contribution in [1.29, 1.82) is 0 Å². The number of halogens is 2. The summed E-state index contributed by atoms with van der Waals surface area (Å²) in [6.07, 6.45) is 0.980. The zero-order valence-electron chi connectivity index (χ0n) is 17.7. The summed E-state index contributed by atoms with van der Waals surface area (Å²) in [6.45, 7) is 3.74. The van der Waals surface area contributed by atoms with Gasteiger partial charge in [-0.1, -0.05) is 12.1 Å². The normalized spacial score (nSPS) is 16.7. The molecule has 168 valence electrons. The predicted molar refractivity (Wildman–Crippen MR) is 116 cm³/mol. The number of fused-ring (bicyclic) bond motifs is 1. The largest absolute Gasteiger partial charge is 0.478 e. The van der Waals surface area contributed by atoms with Crippen molar-refractivity contribution in [3.05, 3.63) is 63.8 Å². The molecule has 2 aromatic heterocycles. The molecule has 1 atom stereocenters. The summed E-state index contributed by atoms with van der Waals surface area (Å²) in [5.74, 6) is -3.45. The molecular formula is C22H23F2N5O3. The van der Waals surface area contributed by atoms with Crippen LogP contribution in [-0.4, -0.2) is 44.5 Å². The van der Waals surface area contributed by atoms with Gasteiger partial charge in [0.25, 0.3) is 11.5 Å². The second-order valence-corrected chi connectivity index (χ2v) is 7.97. The van der Waals surface area contributed by atoms with Crippen LogP contribution in [-0.2, 0) is 0 Å². The first-order valence-electron chi connectivity index (χ1n) is 10.3. The number of nitrogens with one attached hydrogen (secondary N) is 1. The lowest BCUT2D eigenvalue weighted by Crippen LogP contribution is -2.40. The number of aromatic nitrogens is 3. The number of nitrogens with zero attached hydrogens (tertiary/aromatic N) is 4. The first kappa shape index (κ1) is 21.7. The van der Waals surface area contributed by atoms with Crippen LogP contribution in [0.4, 0.5) is 20.3 Å². The first-order chi connectivity index (χ1) is 15.1. The summed E-state index contributed by atoms with van der Waals surface area (Å²) < 4.78 is 28.5. The van der Waals surface area contributed by atoms with Crippen LogP contribution in [0, 0.1) is 6.92 Å². The van der Waals surface area contributed by atoms with E-state index in [4.69, 9.17) is 0 Å². The van der Waals surface area contributed by atoms with Crippen LogP contribution in [0.15, 0.2) is 41.3 Å². The lowest BCUT2D eigenvalue weighted by molar-refractivity contribution is -0.0221. The summed E-state index contributed by atoms with van der Waals surface area (Å²) >= 11 is 0. The summed E-state index contributed by atoms with van der Waals surface area (Å²) in [6, 6.07) is 7.35. The highest BCUT2D eigenvalue weighted by molar-refractivity contribution is 5.94. The van der Waals surface area contributed by atoms with E-state index in [1.165, 1.54) is 16.5 Å². The van der Waals surface area contributed by atoms with Crippen molar-refractivity contribution in [2.24, 2.45) is 0 Å². The molecule has 0 amide bonds. The Morgan fingerprint density at radius 3 is 2.59 bits per heavy atom. The highest BCUT2D eigenvalue weighted by Crippen LogP contribution is 2.30. The third-order valence-corrected chi connectivity index (χ3v) is 5.54. The van der Waals surface area contributed by atoms with Crippen LogP contribution in [0.3, 0.4) is 0 Å². The van der Waals surface area contributed by atoms with Gasteiger partial charge >= 0.3 is 5.97 Å². The fraction of sp³-hybridized carbons (Fsp3) is 0.364. The Balaban J connectivity index is 1.75. The standard InChI is InChI=1S/C22H23F2N5O3/c1-13-12-29-18(30)11-17(28-9-7-22(23,24)8-10-28)27-20(29)19(25-13)14(2)26-16-6-4-3-5-15(16)21(31)32/h3-6,11-12,14,26H,7-10H2,1-2H3,(H,31,32)/t14-/m1/s1. The maximum atomic E-state index is 13.6. The molecule has 3 aromatic rings. The molecule has 10 heteroatoms. The second kappa shape index (κ2) is 8.18. The number of hydrogen-bond donors (Lipinski definition) is 2. The lowest BCUT2D eigenvalue weighted by atomic mass is 10.1. The van der Waals surface area contributed by atoms with Crippen molar-refractivity contribution in [1.82, 2.24) is 14.4 Å². The van der Waals surface area contributed by atoms with Crippen LogP contribution < -0.4 is 15.8 Å². The van der Waals surface area contributed by atoms with E-state index in [-0.39, 0.29) is 37.1 Å². The van der Waals surface area contributed by atoms with E-state index in [1.54, 1.807) is 43.1 Å². The lowest BCUT2D eigenvalue weighted by Gasteiger charge is -2.32. The Bertz CT molecular complexity index is 1230. The summed E-state index contributed by atoms with van der Waals surface area (Å²) in [4.78, 5) is 35.2. The van der Waals surface area contributed by atoms with Gasteiger partial charge in [0.2, 0.25) is 0 Å². The third-order valence-electron chi connectivity index (χ3n) is 5.54. The Kier molecular flexibility index (Phi) is 5.53. The molecule has 1 aliphatic rings. The van der Waals surface area contributed by atoms with Gasteiger partial charge < -0.3 is 15.3 Å². The van der Waals surface area contributed by atoms with Gasteiger partial charge in [-0.2, -0.15) is 0 Å². The average Bonchev–Trinajstić information content (AvgIpc) is 2.74. The van der Waals surface area contributed by atoms with Gasteiger partial charge in [0.15, 0.2) is 5.65 Å². The third kappa shape index (κ3) is 4.25. The van der Waals surface area contributed by atoms with Crippen molar-refractivity contribution in [2.75, 3.05) is 23.3 Å². The summed E-state index contributed by atoms with van der Waals surface area (Å²) in [7, 11) is 0. The maximum absolute atomic E-state index is 13.6. The molecule has 2 N–H and O–H groups in total. The number of carboxylic acids is 1. The maximum Gasteiger partial charge on any atom is 0.337 e.